The van der Waals surface area contributed by atoms with Gasteiger partial charge in [-0.05, 0) is 31.2 Å². The van der Waals surface area contributed by atoms with Crippen LogP contribution in [-0.4, -0.2) is 28.7 Å². The molecular weight excluding hydrogens is 346 g/mol. The van der Waals surface area contributed by atoms with E-state index in [1.807, 2.05) is 6.92 Å². The molecule has 0 saturated carbocycles. The maximum atomic E-state index is 12.4. The van der Waals surface area contributed by atoms with Crippen LogP contribution in [0, 0.1) is 6.92 Å². The molecule has 0 fully saturated rings. The van der Waals surface area contributed by atoms with Gasteiger partial charge in [0.1, 0.15) is 10.8 Å². The Morgan fingerprint density at radius 3 is 2.64 bits per heavy atom. The molecule has 0 spiro atoms. The first-order chi connectivity index (χ1) is 10.4. The van der Waals surface area contributed by atoms with Gasteiger partial charge >= 0.3 is 0 Å². The number of sulfonamides is 1. The number of aryl methyl sites for hydroxylation is 1. The van der Waals surface area contributed by atoms with Gasteiger partial charge in [0.15, 0.2) is 5.75 Å². The molecule has 1 heterocycles. The number of para-hydroxylation sites is 1. The van der Waals surface area contributed by atoms with Crippen LogP contribution in [0.1, 0.15) is 4.88 Å². The molecule has 0 bridgehead atoms. The topological polar surface area (TPSA) is 64.6 Å². The summed E-state index contributed by atoms with van der Waals surface area (Å²) in [6, 6.07) is 8.22. The summed E-state index contributed by atoms with van der Waals surface area (Å²) in [5.41, 5.74) is 0.301. The summed E-state index contributed by atoms with van der Waals surface area (Å²) < 4.78 is 38.0. The van der Waals surface area contributed by atoms with E-state index in [1.54, 1.807) is 37.4 Å². The van der Waals surface area contributed by atoms with Crippen molar-refractivity contribution in [2.75, 3.05) is 25.0 Å². The Hall–Kier alpha value is -1.28. The Balaban J connectivity index is 2.27. The van der Waals surface area contributed by atoms with Crippen LogP contribution in [0.3, 0.4) is 0 Å². The molecule has 1 aromatic heterocycles. The van der Waals surface area contributed by atoms with Gasteiger partial charge in [0.25, 0.3) is 10.0 Å². The maximum absolute atomic E-state index is 12.4. The second-order valence-corrected chi connectivity index (χ2v) is 8.03. The molecular formula is C14H16ClNO4S2. The number of halogens is 1. The number of benzene rings is 1. The van der Waals surface area contributed by atoms with E-state index in [0.29, 0.717) is 17.3 Å². The molecule has 0 amide bonds. The second kappa shape index (κ2) is 7.32. The summed E-state index contributed by atoms with van der Waals surface area (Å²) in [4.78, 5) is 0.919. The fourth-order valence-corrected chi connectivity index (χ4v) is 4.29. The zero-order chi connectivity index (χ0) is 16.2. The molecule has 1 N–H and O–H groups in total. The Labute approximate surface area is 138 Å². The first kappa shape index (κ1) is 17.1. The highest BCUT2D eigenvalue weighted by atomic mass is 35.5. The summed E-state index contributed by atoms with van der Waals surface area (Å²) in [5, 5.41) is 0.332. The molecule has 120 valence electrons. The summed E-state index contributed by atoms with van der Waals surface area (Å²) in [7, 11) is -2.11. The van der Waals surface area contributed by atoms with Crippen molar-refractivity contribution in [1.29, 1.82) is 0 Å². The Kier molecular flexibility index (Phi) is 5.69. The molecule has 2 rings (SSSR count). The van der Waals surface area contributed by atoms with Crippen LogP contribution >= 0.6 is 22.9 Å². The zero-order valence-corrected chi connectivity index (χ0v) is 14.5. The van der Waals surface area contributed by atoms with E-state index in [-0.39, 0.29) is 16.6 Å². The first-order valence-corrected chi connectivity index (χ1v) is 9.11. The summed E-state index contributed by atoms with van der Waals surface area (Å²) in [6.45, 7) is 2.50. The molecule has 22 heavy (non-hydrogen) atoms. The minimum absolute atomic E-state index is 0.243. The number of nitrogens with one attached hydrogen (secondary N) is 1. The van der Waals surface area contributed by atoms with Crippen LogP contribution in [0.4, 0.5) is 5.69 Å². The smallest absolute Gasteiger partial charge is 0.271 e. The lowest BCUT2D eigenvalue weighted by molar-refractivity contribution is 0.147. The van der Waals surface area contributed by atoms with E-state index < -0.39 is 10.0 Å². The molecule has 0 radical (unpaired) electrons. The monoisotopic (exact) mass is 361 g/mol. The number of hydrogen-bond donors (Lipinski definition) is 1. The highest BCUT2D eigenvalue weighted by molar-refractivity contribution is 7.94. The first-order valence-electron chi connectivity index (χ1n) is 6.43. The van der Waals surface area contributed by atoms with E-state index in [9.17, 15) is 8.42 Å². The van der Waals surface area contributed by atoms with Crippen LogP contribution in [0.15, 0.2) is 34.5 Å². The predicted molar refractivity (Wildman–Crippen MR) is 88.7 cm³/mol. The standard InChI is InChI=1S/C14H16ClNO4S2/c1-10-6-7-13(21-10)22(17,18)16-12-5-3-4-11(15)14(12)20-9-8-19-2/h3-7,16H,8-9H2,1-2H3. The molecule has 0 saturated heterocycles. The summed E-state index contributed by atoms with van der Waals surface area (Å²) in [6.07, 6.45) is 0. The van der Waals surface area contributed by atoms with Gasteiger partial charge in [-0.2, -0.15) is 0 Å². The van der Waals surface area contributed by atoms with Gasteiger partial charge in [-0.1, -0.05) is 17.7 Å². The third-order valence-electron chi connectivity index (χ3n) is 2.73. The maximum Gasteiger partial charge on any atom is 0.271 e. The molecule has 0 aliphatic heterocycles. The van der Waals surface area contributed by atoms with E-state index in [0.717, 1.165) is 4.88 Å². The molecule has 8 heteroatoms. The van der Waals surface area contributed by atoms with Crippen LogP contribution in [0.5, 0.6) is 5.75 Å². The van der Waals surface area contributed by atoms with Gasteiger partial charge in [-0.3, -0.25) is 4.72 Å². The molecule has 0 aliphatic carbocycles. The van der Waals surface area contributed by atoms with Crippen molar-refractivity contribution in [2.24, 2.45) is 0 Å². The third-order valence-corrected chi connectivity index (χ3v) is 5.88. The Morgan fingerprint density at radius 1 is 1.23 bits per heavy atom. The minimum atomic E-state index is -3.66. The van der Waals surface area contributed by atoms with Gasteiger partial charge in [0, 0.05) is 12.0 Å². The number of anilines is 1. The highest BCUT2D eigenvalue weighted by Gasteiger charge is 2.19. The Bertz CT molecular complexity index is 743. The van der Waals surface area contributed by atoms with E-state index in [1.165, 1.54) is 11.3 Å². The van der Waals surface area contributed by atoms with Gasteiger partial charge in [0.2, 0.25) is 0 Å². The van der Waals surface area contributed by atoms with Crippen molar-refractivity contribution in [2.45, 2.75) is 11.1 Å². The SMILES string of the molecule is COCCOc1c(Cl)cccc1NS(=O)(=O)c1ccc(C)s1. The summed E-state index contributed by atoms with van der Waals surface area (Å²) in [5.74, 6) is 0.290. The van der Waals surface area contributed by atoms with Crippen LogP contribution in [0.2, 0.25) is 5.02 Å². The average Bonchev–Trinajstić information content (AvgIpc) is 2.89. The summed E-state index contributed by atoms with van der Waals surface area (Å²) >= 11 is 7.29. The van der Waals surface area contributed by atoms with Crippen LogP contribution in [-0.2, 0) is 14.8 Å². The average molecular weight is 362 g/mol. The van der Waals surface area contributed by atoms with E-state index >= 15 is 0 Å². The second-order valence-electron chi connectivity index (χ2n) is 4.43. The van der Waals surface area contributed by atoms with Crippen molar-refractivity contribution in [3.63, 3.8) is 0 Å². The molecule has 2 aromatic rings. The molecule has 1 aromatic carbocycles. The van der Waals surface area contributed by atoms with Gasteiger partial charge < -0.3 is 9.47 Å². The van der Waals surface area contributed by atoms with E-state index in [2.05, 4.69) is 4.72 Å². The quantitative estimate of drug-likeness (QED) is 0.766. The largest absolute Gasteiger partial charge is 0.487 e. The fourth-order valence-electron chi connectivity index (χ4n) is 1.71. The third kappa shape index (κ3) is 4.13. The van der Waals surface area contributed by atoms with Crippen molar-refractivity contribution >= 4 is 38.6 Å². The normalized spacial score (nSPS) is 11.4. The lowest BCUT2D eigenvalue weighted by Gasteiger charge is -2.14. The Morgan fingerprint density at radius 2 is 2.00 bits per heavy atom. The van der Waals surface area contributed by atoms with Crippen molar-refractivity contribution in [3.8, 4) is 5.75 Å². The minimum Gasteiger partial charge on any atom is -0.487 e. The number of hydrogen-bond acceptors (Lipinski definition) is 5. The number of methoxy groups -OCH3 is 1. The van der Waals surface area contributed by atoms with Gasteiger partial charge in [-0.15, -0.1) is 11.3 Å². The fraction of sp³-hybridized carbons (Fsp3) is 0.286. The predicted octanol–water partition coefficient (Wildman–Crippen LogP) is 3.54. The lowest BCUT2D eigenvalue weighted by atomic mass is 10.3. The lowest BCUT2D eigenvalue weighted by Crippen LogP contribution is -2.13. The molecule has 5 nitrogen and oxygen atoms in total. The van der Waals surface area contributed by atoms with E-state index in [4.69, 9.17) is 21.1 Å². The molecule has 0 atom stereocenters. The van der Waals surface area contributed by atoms with Crippen molar-refractivity contribution in [1.82, 2.24) is 0 Å². The number of thiophene rings is 1. The molecule has 0 unspecified atom stereocenters. The van der Waals surface area contributed by atoms with Crippen LogP contribution < -0.4 is 9.46 Å². The number of rotatable bonds is 7. The molecule has 0 aliphatic rings. The highest BCUT2D eigenvalue weighted by Crippen LogP contribution is 2.35. The van der Waals surface area contributed by atoms with Gasteiger partial charge in [-0.25, -0.2) is 8.42 Å². The van der Waals surface area contributed by atoms with Crippen molar-refractivity contribution in [3.05, 3.63) is 40.2 Å². The van der Waals surface area contributed by atoms with Crippen molar-refractivity contribution < 1.29 is 17.9 Å². The zero-order valence-electron chi connectivity index (χ0n) is 12.1. The number of ether oxygens (including phenoxy) is 2. The van der Waals surface area contributed by atoms with Crippen LogP contribution in [0.25, 0.3) is 0 Å². The van der Waals surface area contributed by atoms with Gasteiger partial charge in [0.05, 0.1) is 17.3 Å².